The molecule has 0 saturated heterocycles. The van der Waals surface area contributed by atoms with Gasteiger partial charge in [0.25, 0.3) is 11.8 Å². The lowest BCUT2D eigenvalue weighted by Crippen LogP contribution is -2.38. The molecule has 1 aliphatic heterocycles. The highest BCUT2D eigenvalue weighted by Gasteiger charge is 2.36. The van der Waals surface area contributed by atoms with Crippen molar-refractivity contribution < 1.29 is 14.7 Å². The maximum atomic E-state index is 12.6. The zero-order chi connectivity index (χ0) is 19.3. The molecule has 28 heavy (non-hydrogen) atoms. The second-order valence-electron chi connectivity index (χ2n) is 7.07. The van der Waals surface area contributed by atoms with E-state index in [9.17, 15) is 14.7 Å². The lowest BCUT2D eigenvalue weighted by molar-refractivity contribution is 0.0524. The van der Waals surface area contributed by atoms with Crippen LogP contribution in [0.25, 0.3) is 21.8 Å². The first kappa shape index (κ1) is 16.7. The smallest absolute Gasteiger partial charge is 0.261 e. The Hall–Kier alpha value is -3.44. The van der Waals surface area contributed by atoms with Crippen molar-refractivity contribution in [3.63, 3.8) is 0 Å². The second kappa shape index (κ2) is 6.32. The van der Waals surface area contributed by atoms with Crippen molar-refractivity contribution in [3.8, 4) is 0 Å². The fraction of sp³-hybridized carbons (Fsp3) is 0.130. The molecule has 1 aliphatic rings. The van der Waals surface area contributed by atoms with Gasteiger partial charge in [-0.05, 0) is 24.3 Å². The van der Waals surface area contributed by atoms with E-state index in [1.54, 1.807) is 24.3 Å². The molecule has 2 amide bonds. The quantitative estimate of drug-likeness (QED) is 0.560. The predicted molar refractivity (Wildman–Crippen MR) is 107 cm³/mol. The summed E-state index contributed by atoms with van der Waals surface area (Å²) in [5.74, 6) is -0.691. The monoisotopic (exact) mass is 370 g/mol. The van der Waals surface area contributed by atoms with Crippen molar-refractivity contribution in [1.29, 1.82) is 0 Å². The van der Waals surface area contributed by atoms with E-state index in [0.29, 0.717) is 17.7 Å². The van der Waals surface area contributed by atoms with Crippen LogP contribution in [0, 0.1) is 0 Å². The predicted octanol–water partition coefficient (Wildman–Crippen LogP) is 3.45. The fourth-order valence-corrected chi connectivity index (χ4v) is 4.08. The standard InChI is InChI=1S/C23H18N2O3/c26-15(14-25-22(27)18-9-1-2-10-19(18)23(25)28)13-24-20-11-5-3-7-16(20)17-8-4-6-12-21(17)24/h1-12,15,26H,13-14H2/t15-/m0/s1. The zero-order valence-corrected chi connectivity index (χ0v) is 15.1. The number of imide groups is 1. The summed E-state index contributed by atoms with van der Waals surface area (Å²) in [5, 5.41) is 13.0. The Labute approximate surface area is 161 Å². The van der Waals surface area contributed by atoms with Gasteiger partial charge >= 0.3 is 0 Å². The molecule has 0 unspecified atom stereocenters. The van der Waals surface area contributed by atoms with E-state index in [4.69, 9.17) is 0 Å². The third-order valence-corrected chi connectivity index (χ3v) is 5.34. The molecule has 2 heterocycles. The van der Waals surface area contributed by atoms with Crippen LogP contribution in [0.2, 0.25) is 0 Å². The lowest BCUT2D eigenvalue weighted by Gasteiger charge is -2.20. The summed E-state index contributed by atoms with van der Waals surface area (Å²) in [6.45, 7) is 0.259. The first-order valence-electron chi connectivity index (χ1n) is 9.24. The SMILES string of the molecule is O=C1c2ccccc2C(=O)N1C[C@@H](O)Cn1c2ccccc2c2ccccc21. The molecule has 5 rings (SSSR count). The number of hydrogen-bond donors (Lipinski definition) is 1. The average molecular weight is 370 g/mol. The number of amides is 2. The topological polar surface area (TPSA) is 62.5 Å². The number of aliphatic hydroxyl groups excluding tert-OH is 1. The van der Waals surface area contributed by atoms with Crippen LogP contribution in [0.4, 0.5) is 0 Å². The number of benzene rings is 3. The number of carbonyl (C=O) groups is 2. The highest BCUT2D eigenvalue weighted by molar-refractivity contribution is 6.21. The van der Waals surface area contributed by atoms with Crippen LogP contribution in [0.5, 0.6) is 0 Å². The number of carbonyl (C=O) groups excluding carboxylic acids is 2. The van der Waals surface area contributed by atoms with Crippen LogP contribution < -0.4 is 0 Å². The maximum Gasteiger partial charge on any atom is 0.261 e. The van der Waals surface area contributed by atoms with Gasteiger partial charge in [0.15, 0.2) is 0 Å². The van der Waals surface area contributed by atoms with Crippen LogP contribution in [-0.4, -0.2) is 39.0 Å². The summed E-state index contributed by atoms with van der Waals surface area (Å²) >= 11 is 0. The minimum Gasteiger partial charge on any atom is -0.389 e. The van der Waals surface area contributed by atoms with Gasteiger partial charge in [0.05, 0.1) is 30.3 Å². The molecule has 0 aliphatic carbocycles. The highest BCUT2D eigenvalue weighted by atomic mass is 16.3. The Bertz CT molecular complexity index is 1150. The fourth-order valence-electron chi connectivity index (χ4n) is 4.08. The number of nitrogens with zero attached hydrogens (tertiary/aromatic N) is 2. The van der Waals surface area contributed by atoms with Crippen molar-refractivity contribution in [2.45, 2.75) is 12.6 Å². The summed E-state index contributed by atoms with van der Waals surface area (Å²) in [6.07, 6.45) is -0.874. The summed E-state index contributed by atoms with van der Waals surface area (Å²) in [7, 11) is 0. The largest absolute Gasteiger partial charge is 0.389 e. The molecule has 1 atom stereocenters. The molecule has 1 N–H and O–H groups in total. The summed E-state index contributed by atoms with van der Waals surface area (Å²) in [6, 6.07) is 22.8. The van der Waals surface area contributed by atoms with Gasteiger partial charge in [-0.2, -0.15) is 0 Å². The molecule has 0 spiro atoms. The number of aromatic nitrogens is 1. The molecule has 0 saturated carbocycles. The van der Waals surface area contributed by atoms with Crippen molar-refractivity contribution in [1.82, 2.24) is 9.47 Å². The molecule has 5 heteroatoms. The van der Waals surface area contributed by atoms with Crippen molar-refractivity contribution >= 4 is 33.6 Å². The Kier molecular flexibility index (Phi) is 3.77. The number of para-hydroxylation sites is 2. The molecular weight excluding hydrogens is 352 g/mol. The zero-order valence-electron chi connectivity index (χ0n) is 15.1. The third kappa shape index (κ3) is 2.44. The Morgan fingerprint density at radius 3 is 1.68 bits per heavy atom. The van der Waals surface area contributed by atoms with E-state index in [-0.39, 0.29) is 18.4 Å². The van der Waals surface area contributed by atoms with Gasteiger partial charge in [0.2, 0.25) is 0 Å². The van der Waals surface area contributed by atoms with Crippen LogP contribution >= 0.6 is 0 Å². The van der Waals surface area contributed by atoms with E-state index < -0.39 is 6.10 Å². The molecule has 0 fully saturated rings. The van der Waals surface area contributed by atoms with E-state index >= 15 is 0 Å². The highest BCUT2D eigenvalue weighted by Crippen LogP contribution is 2.29. The van der Waals surface area contributed by atoms with E-state index in [2.05, 4.69) is 12.1 Å². The van der Waals surface area contributed by atoms with Gasteiger partial charge in [-0.3, -0.25) is 14.5 Å². The Morgan fingerprint density at radius 1 is 0.679 bits per heavy atom. The van der Waals surface area contributed by atoms with Gasteiger partial charge in [0, 0.05) is 21.8 Å². The third-order valence-electron chi connectivity index (χ3n) is 5.34. The molecular formula is C23H18N2O3. The van der Waals surface area contributed by atoms with Crippen LogP contribution in [-0.2, 0) is 6.54 Å². The molecule has 1 aromatic heterocycles. The molecule has 0 radical (unpaired) electrons. The average Bonchev–Trinajstić information content (AvgIpc) is 3.17. The van der Waals surface area contributed by atoms with Gasteiger partial charge in [0.1, 0.15) is 0 Å². The van der Waals surface area contributed by atoms with Gasteiger partial charge in [-0.1, -0.05) is 48.5 Å². The van der Waals surface area contributed by atoms with Gasteiger partial charge in [-0.25, -0.2) is 0 Å². The van der Waals surface area contributed by atoms with E-state index in [1.807, 2.05) is 41.0 Å². The maximum absolute atomic E-state index is 12.6. The number of fused-ring (bicyclic) bond motifs is 4. The van der Waals surface area contributed by atoms with Gasteiger partial charge in [-0.15, -0.1) is 0 Å². The minimum atomic E-state index is -0.874. The van der Waals surface area contributed by atoms with Gasteiger partial charge < -0.3 is 9.67 Å². The van der Waals surface area contributed by atoms with E-state index in [1.165, 1.54) is 0 Å². The first-order valence-corrected chi connectivity index (χ1v) is 9.24. The number of hydrogen-bond acceptors (Lipinski definition) is 3. The summed E-state index contributed by atoms with van der Waals surface area (Å²) < 4.78 is 2.05. The van der Waals surface area contributed by atoms with Crippen molar-refractivity contribution in [2.75, 3.05) is 6.54 Å². The Balaban J connectivity index is 1.46. The van der Waals surface area contributed by atoms with Crippen LogP contribution in [0.15, 0.2) is 72.8 Å². The molecule has 0 bridgehead atoms. The molecule has 4 aromatic rings. The minimum absolute atomic E-state index is 0.0345. The summed E-state index contributed by atoms with van der Waals surface area (Å²) in [4.78, 5) is 26.3. The lowest BCUT2D eigenvalue weighted by atomic mass is 10.1. The normalized spacial score (nSPS) is 14.8. The van der Waals surface area contributed by atoms with Crippen molar-refractivity contribution in [2.24, 2.45) is 0 Å². The van der Waals surface area contributed by atoms with Crippen LogP contribution in [0.1, 0.15) is 20.7 Å². The molecule has 5 nitrogen and oxygen atoms in total. The summed E-state index contributed by atoms with van der Waals surface area (Å²) in [5.41, 5.74) is 2.84. The van der Waals surface area contributed by atoms with Crippen LogP contribution in [0.3, 0.4) is 0 Å². The van der Waals surface area contributed by atoms with Crippen molar-refractivity contribution in [3.05, 3.63) is 83.9 Å². The molecule has 138 valence electrons. The number of β-amino-alcohol motifs (C(OH)–C–C–N with tert-alkyl or cyclic N) is 1. The first-order chi connectivity index (χ1) is 13.6. The number of rotatable bonds is 4. The van der Waals surface area contributed by atoms with E-state index in [0.717, 1.165) is 26.7 Å². The molecule has 3 aromatic carbocycles. The Morgan fingerprint density at radius 2 is 1.14 bits per heavy atom. The number of aliphatic hydroxyl groups is 1. The second-order valence-corrected chi connectivity index (χ2v) is 7.07.